The lowest BCUT2D eigenvalue weighted by atomic mass is 9.73. The van der Waals surface area contributed by atoms with Crippen molar-refractivity contribution in [2.45, 2.75) is 64.5 Å². The first kappa shape index (κ1) is 12.4. The molecule has 2 aliphatic carbocycles. The molecule has 0 bridgehead atoms. The van der Waals surface area contributed by atoms with E-state index in [0.29, 0.717) is 11.5 Å². The van der Waals surface area contributed by atoms with Crippen LogP contribution in [0.2, 0.25) is 0 Å². The zero-order valence-corrected chi connectivity index (χ0v) is 11.1. The van der Waals surface area contributed by atoms with Gasteiger partial charge in [0.25, 0.3) is 0 Å². The summed E-state index contributed by atoms with van der Waals surface area (Å²) in [6.07, 6.45) is 7.41. The molecule has 0 heterocycles. The van der Waals surface area contributed by atoms with E-state index in [1.54, 1.807) is 0 Å². The Morgan fingerprint density at radius 1 is 1.25 bits per heavy atom. The molecule has 1 N–H and O–H groups in total. The molecular formula is C14H27NO. The van der Waals surface area contributed by atoms with Crippen LogP contribution in [0.3, 0.4) is 0 Å². The maximum Gasteiger partial charge on any atom is 0.0695 e. The molecule has 2 rings (SSSR count). The van der Waals surface area contributed by atoms with Gasteiger partial charge in [-0.1, -0.05) is 20.3 Å². The molecule has 0 aromatic carbocycles. The smallest absolute Gasteiger partial charge is 0.0695 e. The van der Waals surface area contributed by atoms with Gasteiger partial charge in [0.15, 0.2) is 0 Å². The maximum absolute atomic E-state index is 10.1. The Hall–Kier alpha value is -0.0800. The predicted molar refractivity (Wildman–Crippen MR) is 67.4 cm³/mol. The van der Waals surface area contributed by atoms with E-state index in [9.17, 15) is 5.11 Å². The summed E-state index contributed by atoms with van der Waals surface area (Å²) in [5.74, 6) is 0.905. The molecule has 2 fully saturated rings. The Morgan fingerprint density at radius 2 is 1.94 bits per heavy atom. The topological polar surface area (TPSA) is 23.5 Å². The van der Waals surface area contributed by atoms with Crippen LogP contribution in [0.4, 0.5) is 0 Å². The summed E-state index contributed by atoms with van der Waals surface area (Å²) >= 11 is 0. The summed E-state index contributed by atoms with van der Waals surface area (Å²) in [5.41, 5.74) is 0.414. The van der Waals surface area contributed by atoms with Crippen molar-refractivity contribution >= 4 is 0 Å². The molecule has 0 saturated heterocycles. The lowest BCUT2D eigenvalue weighted by Gasteiger charge is -2.44. The first-order chi connectivity index (χ1) is 7.48. The van der Waals surface area contributed by atoms with E-state index in [0.717, 1.165) is 18.8 Å². The minimum absolute atomic E-state index is 0.0990. The van der Waals surface area contributed by atoms with Gasteiger partial charge >= 0.3 is 0 Å². The second-order valence-electron chi connectivity index (χ2n) is 6.78. The first-order valence-corrected chi connectivity index (χ1v) is 6.86. The summed E-state index contributed by atoms with van der Waals surface area (Å²) < 4.78 is 0. The fraction of sp³-hybridized carbons (Fsp3) is 1.00. The molecule has 2 heteroatoms. The van der Waals surface area contributed by atoms with Gasteiger partial charge in [-0.15, -0.1) is 0 Å². The van der Waals surface area contributed by atoms with Gasteiger partial charge in [0.1, 0.15) is 0 Å². The van der Waals surface area contributed by atoms with Gasteiger partial charge in [-0.3, -0.25) is 0 Å². The number of likely N-dealkylation sites (N-methyl/N-ethyl adjacent to an activating group) is 1. The number of aliphatic hydroxyl groups excluding tert-OH is 1. The summed E-state index contributed by atoms with van der Waals surface area (Å²) in [6.45, 7) is 5.87. The average molecular weight is 225 g/mol. The van der Waals surface area contributed by atoms with Crippen LogP contribution >= 0.6 is 0 Å². The van der Waals surface area contributed by atoms with Crippen molar-refractivity contribution in [1.82, 2.24) is 4.90 Å². The highest BCUT2D eigenvalue weighted by atomic mass is 16.3. The van der Waals surface area contributed by atoms with Crippen molar-refractivity contribution in [3.05, 3.63) is 0 Å². The third-order valence-electron chi connectivity index (χ3n) is 4.66. The summed E-state index contributed by atoms with van der Waals surface area (Å²) in [7, 11) is 2.20. The van der Waals surface area contributed by atoms with E-state index in [1.807, 2.05) is 0 Å². The van der Waals surface area contributed by atoms with Crippen molar-refractivity contribution in [3.8, 4) is 0 Å². The molecule has 2 nitrogen and oxygen atoms in total. The zero-order valence-electron chi connectivity index (χ0n) is 11.1. The fourth-order valence-electron chi connectivity index (χ4n) is 3.20. The van der Waals surface area contributed by atoms with Gasteiger partial charge in [0, 0.05) is 12.6 Å². The molecule has 0 aromatic rings. The van der Waals surface area contributed by atoms with Crippen LogP contribution in [0.5, 0.6) is 0 Å². The lowest BCUT2D eigenvalue weighted by Crippen LogP contribution is -2.49. The molecular weight excluding hydrogens is 198 g/mol. The molecule has 2 saturated carbocycles. The zero-order chi connectivity index (χ0) is 11.8. The normalized spacial score (nSPS) is 35.1. The second-order valence-corrected chi connectivity index (χ2v) is 6.78. The molecule has 0 aromatic heterocycles. The van der Waals surface area contributed by atoms with E-state index < -0.39 is 0 Å². The Balaban J connectivity index is 1.89. The van der Waals surface area contributed by atoms with E-state index in [4.69, 9.17) is 0 Å². The van der Waals surface area contributed by atoms with Crippen LogP contribution in [-0.4, -0.2) is 35.7 Å². The molecule has 2 unspecified atom stereocenters. The van der Waals surface area contributed by atoms with Crippen LogP contribution in [0.1, 0.15) is 52.4 Å². The molecule has 0 spiro atoms. The number of hydrogen-bond acceptors (Lipinski definition) is 2. The van der Waals surface area contributed by atoms with E-state index in [2.05, 4.69) is 25.8 Å². The van der Waals surface area contributed by atoms with Crippen molar-refractivity contribution in [1.29, 1.82) is 0 Å². The third-order valence-corrected chi connectivity index (χ3v) is 4.66. The fourth-order valence-corrected chi connectivity index (χ4v) is 3.20. The number of aliphatic hydroxyl groups is 1. The Morgan fingerprint density at radius 3 is 2.50 bits per heavy atom. The van der Waals surface area contributed by atoms with Gasteiger partial charge in [0.05, 0.1) is 6.10 Å². The van der Waals surface area contributed by atoms with Crippen LogP contribution in [-0.2, 0) is 0 Å². The lowest BCUT2D eigenvalue weighted by molar-refractivity contribution is -0.0161. The average Bonchev–Trinajstić information content (AvgIpc) is 2.15. The summed E-state index contributed by atoms with van der Waals surface area (Å²) in [6, 6.07) is 0.393. The van der Waals surface area contributed by atoms with Crippen molar-refractivity contribution in [2.24, 2.45) is 11.3 Å². The molecule has 2 atom stereocenters. The highest BCUT2D eigenvalue weighted by Crippen LogP contribution is 2.38. The minimum atomic E-state index is -0.0990. The highest BCUT2D eigenvalue weighted by Gasteiger charge is 2.36. The summed E-state index contributed by atoms with van der Waals surface area (Å²) in [4.78, 5) is 2.43. The Labute approximate surface area is 100 Å². The monoisotopic (exact) mass is 225 g/mol. The number of hydrogen-bond donors (Lipinski definition) is 1. The van der Waals surface area contributed by atoms with Gasteiger partial charge in [-0.25, -0.2) is 0 Å². The van der Waals surface area contributed by atoms with Crippen LogP contribution < -0.4 is 0 Å². The third kappa shape index (κ3) is 2.78. The molecule has 94 valence electrons. The Bertz CT molecular complexity index is 235. The molecule has 2 aliphatic rings. The molecule has 16 heavy (non-hydrogen) atoms. The van der Waals surface area contributed by atoms with Crippen LogP contribution in [0.25, 0.3) is 0 Å². The summed E-state index contributed by atoms with van der Waals surface area (Å²) in [5, 5.41) is 10.1. The van der Waals surface area contributed by atoms with Gasteiger partial charge in [0.2, 0.25) is 0 Å². The van der Waals surface area contributed by atoms with Crippen LogP contribution in [0.15, 0.2) is 0 Å². The molecule has 0 amide bonds. The number of nitrogens with zero attached hydrogens (tertiary/aromatic N) is 1. The van der Waals surface area contributed by atoms with Crippen molar-refractivity contribution in [2.75, 3.05) is 13.6 Å². The molecule has 0 aliphatic heterocycles. The van der Waals surface area contributed by atoms with Gasteiger partial charge in [-0.2, -0.15) is 0 Å². The van der Waals surface area contributed by atoms with E-state index in [1.165, 1.54) is 32.2 Å². The predicted octanol–water partition coefficient (Wildman–Crippen LogP) is 2.66. The minimum Gasteiger partial charge on any atom is -0.391 e. The quantitative estimate of drug-likeness (QED) is 0.798. The standard InChI is InChI=1S/C14H27NO/c1-14(2)8-7-13(16)12(9-14)15(3)10-11-5-4-6-11/h11-13,16H,4-10H2,1-3H3. The number of rotatable bonds is 3. The highest BCUT2D eigenvalue weighted by molar-refractivity contribution is 4.90. The molecule has 0 radical (unpaired) electrons. The first-order valence-electron chi connectivity index (χ1n) is 6.86. The Kier molecular flexibility index (Phi) is 3.60. The SMILES string of the molecule is CN(CC1CCC1)C1CC(C)(C)CCC1O. The van der Waals surface area contributed by atoms with E-state index >= 15 is 0 Å². The van der Waals surface area contributed by atoms with Gasteiger partial charge in [-0.05, 0) is 50.5 Å². The van der Waals surface area contributed by atoms with E-state index in [-0.39, 0.29) is 6.10 Å². The van der Waals surface area contributed by atoms with Crippen molar-refractivity contribution in [3.63, 3.8) is 0 Å². The van der Waals surface area contributed by atoms with Gasteiger partial charge < -0.3 is 10.0 Å². The largest absolute Gasteiger partial charge is 0.391 e. The van der Waals surface area contributed by atoms with Crippen molar-refractivity contribution < 1.29 is 5.11 Å². The maximum atomic E-state index is 10.1. The van der Waals surface area contributed by atoms with Crippen LogP contribution in [0, 0.1) is 11.3 Å². The second kappa shape index (κ2) is 4.66.